The Kier molecular flexibility index (Phi) is 5.36. The summed E-state index contributed by atoms with van der Waals surface area (Å²) in [6.07, 6.45) is 0.983. The summed E-state index contributed by atoms with van der Waals surface area (Å²) in [5.41, 5.74) is 7.19. The number of nitrogens with one attached hydrogen (secondary N) is 1. The molecule has 0 atom stereocenters. The SMILES string of the molecule is NC(=S)N/N=C\C(Cl)=C(/Cl)C(=O)O. The third-order valence-corrected chi connectivity index (χ3v) is 1.59. The van der Waals surface area contributed by atoms with Crippen molar-refractivity contribution in [3.05, 3.63) is 10.1 Å². The maximum Gasteiger partial charge on any atom is 0.348 e. The van der Waals surface area contributed by atoms with Crippen LogP contribution in [0.4, 0.5) is 0 Å². The standard InChI is InChI=1S/C5H5Cl2N3O2S/c6-2(3(7)4(11)12)1-9-10-5(8)13/h1H,(H,11,12)(H3,8,10,13)/b3-2+,9-1-. The van der Waals surface area contributed by atoms with Gasteiger partial charge in [0, 0.05) is 0 Å². The summed E-state index contributed by atoms with van der Waals surface area (Å²) in [7, 11) is 0. The van der Waals surface area contributed by atoms with Crippen LogP contribution in [0.3, 0.4) is 0 Å². The highest BCUT2D eigenvalue weighted by atomic mass is 35.5. The number of allylic oxidation sites excluding steroid dienone is 1. The summed E-state index contributed by atoms with van der Waals surface area (Å²) >= 11 is 15.1. The third kappa shape index (κ3) is 5.40. The van der Waals surface area contributed by atoms with E-state index in [2.05, 4.69) is 22.7 Å². The molecule has 0 rings (SSSR count). The molecule has 0 amide bonds. The smallest absolute Gasteiger partial charge is 0.348 e. The molecule has 0 bridgehead atoms. The van der Waals surface area contributed by atoms with E-state index in [0.717, 1.165) is 6.21 Å². The molecule has 0 spiro atoms. The van der Waals surface area contributed by atoms with Crippen LogP contribution in [-0.4, -0.2) is 22.4 Å². The molecular weight excluding hydrogens is 237 g/mol. The normalized spacial score (nSPS) is 12.5. The molecule has 0 aromatic rings. The maximum absolute atomic E-state index is 10.2. The summed E-state index contributed by atoms with van der Waals surface area (Å²) in [5, 5.41) is 10.9. The van der Waals surface area contributed by atoms with E-state index in [0.29, 0.717) is 0 Å². The first-order chi connectivity index (χ1) is 5.95. The Morgan fingerprint density at radius 2 is 2.15 bits per heavy atom. The monoisotopic (exact) mass is 241 g/mol. The quantitative estimate of drug-likeness (QED) is 0.291. The van der Waals surface area contributed by atoms with Crippen molar-refractivity contribution < 1.29 is 9.90 Å². The van der Waals surface area contributed by atoms with Crippen molar-refractivity contribution >= 4 is 52.7 Å². The lowest BCUT2D eigenvalue weighted by atomic mass is 10.5. The molecule has 8 heteroatoms. The average molecular weight is 242 g/mol. The van der Waals surface area contributed by atoms with Crippen molar-refractivity contribution in [1.82, 2.24) is 5.43 Å². The van der Waals surface area contributed by atoms with Gasteiger partial charge in [-0.05, 0) is 12.2 Å². The molecule has 0 aromatic heterocycles. The molecule has 5 nitrogen and oxygen atoms in total. The minimum Gasteiger partial charge on any atom is -0.477 e. The Morgan fingerprint density at radius 3 is 2.54 bits per heavy atom. The number of hydrazone groups is 1. The van der Waals surface area contributed by atoms with Gasteiger partial charge in [0.05, 0.1) is 11.2 Å². The summed E-state index contributed by atoms with van der Waals surface area (Å²) < 4.78 is 0. The van der Waals surface area contributed by atoms with Gasteiger partial charge in [-0.1, -0.05) is 23.2 Å². The van der Waals surface area contributed by atoms with Crippen LogP contribution >= 0.6 is 35.4 Å². The Balaban J connectivity index is 4.36. The molecule has 0 saturated heterocycles. The summed E-state index contributed by atoms with van der Waals surface area (Å²) in [4.78, 5) is 10.2. The molecule has 72 valence electrons. The molecule has 4 N–H and O–H groups in total. The van der Waals surface area contributed by atoms with Gasteiger partial charge in [0.15, 0.2) is 5.11 Å². The second kappa shape index (κ2) is 5.74. The van der Waals surface area contributed by atoms with Gasteiger partial charge in [-0.3, -0.25) is 5.43 Å². The summed E-state index contributed by atoms with van der Waals surface area (Å²) in [6, 6.07) is 0. The van der Waals surface area contributed by atoms with Crippen LogP contribution in [0.2, 0.25) is 0 Å². The van der Waals surface area contributed by atoms with Gasteiger partial charge >= 0.3 is 5.97 Å². The molecule has 0 aromatic carbocycles. The van der Waals surface area contributed by atoms with E-state index in [4.69, 9.17) is 34.0 Å². The van der Waals surface area contributed by atoms with Crippen molar-refractivity contribution in [3.8, 4) is 0 Å². The zero-order chi connectivity index (χ0) is 10.4. The summed E-state index contributed by atoms with van der Waals surface area (Å²) in [5.74, 6) is -1.34. The van der Waals surface area contributed by atoms with Crippen LogP contribution in [0.15, 0.2) is 15.2 Å². The van der Waals surface area contributed by atoms with Gasteiger partial charge < -0.3 is 10.8 Å². The molecule has 0 fully saturated rings. The fraction of sp³-hybridized carbons (Fsp3) is 0. The molecule has 0 aliphatic rings. The Labute approximate surface area is 89.2 Å². The first-order valence-corrected chi connectivity index (χ1v) is 3.98. The number of hydrogen-bond acceptors (Lipinski definition) is 3. The van der Waals surface area contributed by atoms with Crippen LogP contribution < -0.4 is 11.2 Å². The number of carbonyl (C=O) groups is 1. The lowest BCUT2D eigenvalue weighted by molar-refractivity contribution is -0.131. The number of thiocarbonyl (C=S) groups is 1. The minimum atomic E-state index is -1.34. The highest BCUT2D eigenvalue weighted by molar-refractivity contribution is 7.80. The third-order valence-electron chi connectivity index (χ3n) is 0.750. The van der Waals surface area contributed by atoms with E-state index in [1.54, 1.807) is 0 Å². The lowest BCUT2D eigenvalue weighted by Crippen LogP contribution is -2.24. The van der Waals surface area contributed by atoms with E-state index in [-0.39, 0.29) is 10.1 Å². The van der Waals surface area contributed by atoms with Gasteiger partial charge in [0.25, 0.3) is 0 Å². The minimum absolute atomic E-state index is 0.0628. The second-order valence-corrected chi connectivity index (χ2v) is 2.93. The number of rotatable bonds is 3. The number of aliphatic carboxylic acids is 1. The van der Waals surface area contributed by atoms with Crippen LogP contribution in [0.25, 0.3) is 0 Å². The molecule has 0 saturated carbocycles. The number of nitrogens with zero attached hydrogens (tertiary/aromatic N) is 1. The van der Waals surface area contributed by atoms with Gasteiger partial charge in [0.1, 0.15) is 5.03 Å². The van der Waals surface area contributed by atoms with E-state index < -0.39 is 11.0 Å². The van der Waals surface area contributed by atoms with Crippen LogP contribution in [0.1, 0.15) is 0 Å². The summed E-state index contributed by atoms with van der Waals surface area (Å²) in [6.45, 7) is 0. The number of hydrogen-bond donors (Lipinski definition) is 3. The fourth-order valence-corrected chi connectivity index (χ4v) is 0.543. The van der Waals surface area contributed by atoms with Crippen molar-refractivity contribution in [2.24, 2.45) is 10.8 Å². The fourth-order valence-electron chi connectivity index (χ4n) is 0.311. The zero-order valence-electron chi connectivity index (χ0n) is 6.12. The highest BCUT2D eigenvalue weighted by Gasteiger charge is 2.07. The Hall–Kier alpha value is -0.850. The van der Waals surface area contributed by atoms with Crippen molar-refractivity contribution in [1.29, 1.82) is 0 Å². The lowest BCUT2D eigenvalue weighted by Gasteiger charge is -1.94. The molecule has 0 unspecified atom stereocenters. The van der Waals surface area contributed by atoms with Crippen molar-refractivity contribution in [2.75, 3.05) is 0 Å². The zero-order valence-corrected chi connectivity index (χ0v) is 8.45. The highest BCUT2D eigenvalue weighted by Crippen LogP contribution is 2.11. The van der Waals surface area contributed by atoms with Crippen LogP contribution in [-0.2, 0) is 4.79 Å². The second-order valence-electron chi connectivity index (χ2n) is 1.70. The number of carboxylic acid groups (broad SMARTS) is 1. The Bertz CT molecular complexity index is 290. The molecule has 0 aliphatic carbocycles. The average Bonchev–Trinajstić information content (AvgIpc) is 2.02. The molecule has 0 heterocycles. The van der Waals surface area contributed by atoms with Crippen LogP contribution in [0, 0.1) is 0 Å². The number of halogens is 2. The van der Waals surface area contributed by atoms with Gasteiger partial charge in [-0.2, -0.15) is 5.10 Å². The topological polar surface area (TPSA) is 87.7 Å². The molecule has 0 aliphatic heterocycles. The Morgan fingerprint density at radius 1 is 1.62 bits per heavy atom. The molecule has 0 radical (unpaired) electrons. The maximum atomic E-state index is 10.2. The van der Waals surface area contributed by atoms with Crippen molar-refractivity contribution in [2.45, 2.75) is 0 Å². The van der Waals surface area contributed by atoms with Gasteiger partial charge in [0.2, 0.25) is 0 Å². The number of carboxylic acids is 1. The van der Waals surface area contributed by atoms with Gasteiger partial charge in [-0.15, -0.1) is 0 Å². The molecular formula is C5H5Cl2N3O2S. The first-order valence-electron chi connectivity index (χ1n) is 2.82. The number of nitrogens with two attached hydrogens (primary N) is 1. The van der Waals surface area contributed by atoms with E-state index >= 15 is 0 Å². The van der Waals surface area contributed by atoms with E-state index in [1.807, 2.05) is 0 Å². The predicted octanol–water partition coefficient (Wildman–Crippen LogP) is 0.579. The predicted molar refractivity (Wildman–Crippen MR) is 54.8 cm³/mol. The van der Waals surface area contributed by atoms with E-state index in [1.165, 1.54) is 0 Å². The van der Waals surface area contributed by atoms with E-state index in [9.17, 15) is 4.79 Å². The molecule has 13 heavy (non-hydrogen) atoms. The first kappa shape index (κ1) is 12.2. The largest absolute Gasteiger partial charge is 0.477 e. The van der Waals surface area contributed by atoms with Crippen LogP contribution in [0.5, 0.6) is 0 Å². The van der Waals surface area contributed by atoms with Gasteiger partial charge in [-0.25, -0.2) is 4.79 Å². The van der Waals surface area contributed by atoms with Crippen molar-refractivity contribution in [3.63, 3.8) is 0 Å².